The number of benzene rings is 1. The third kappa shape index (κ3) is 7.54. The van der Waals surface area contributed by atoms with Crippen molar-refractivity contribution in [1.29, 1.82) is 0 Å². The zero-order chi connectivity index (χ0) is 34.7. The van der Waals surface area contributed by atoms with E-state index in [4.69, 9.17) is 18.9 Å². The standard InChI is InChI=1S/C40H44N4O4S4/c1-2-30(40(33-7-11-37(51-33)43-17-25-47-26-18-43)34-8-12-38(52-34)44-19-27-48-28-20-44)4-3-29(1)39(31-5-9-35(49-31)41-13-21-45-22-14-41)32-6-10-36(50-32)42-15-23-46-24-16-42/h1-12H,13-28H2/q+2. The van der Waals surface area contributed by atoms with Gasteiger partial charge >= 0.3 is 0 Å². The second-order valence-electron chi connectivity index (χ2n) is 13.3. The van der Waals surface area contributed by atoms with E-state index in [1.54, 1.807) is 0 Å². The summed E-state index contributed by atoms with van der Waals surface area (Å²) < 4.78 is 27.6. The Hall–Kier alpha value is -2.94. The lowest BCUT2D eigenvalue weighted by Gasteiger charge is -2.27. The maximum Gasteiger partial charge on any atom is 0.239 e. The molecule has 6 aliphatic heterocycles. The van der Waals surface area contributed by atoms with E-state index >= 15 is 0 Å². The van der Waals surface area contributed by atoms with Gasteiger partial charge < -0.3 is 28.7 Å². The first-order valence-electron chi connectivity index (χ1n) is 18.3. The Kier molecular flexibility index (Phi) is 10.8. The van der Waals surface area contributed by atoms with E-state index in [1.807, 2.05) is 46.2 Å². The number of allylic oxidation sites excluding steroid dienone is 2. The number of hydrogen-bond acceptors (Lipinski definition) is 10. The molecular weight excluding hydrogens is 729 g/mol. The molecule has 0 amide bonds. The van der Waals surface area contributed by atoms with Gasteiger partial charge in [0.2, 0.25) is 10.1 Å². The van der Waals surface area contributed by atoms with Crippen LogP contribution in [0.25, 0.3) is 11.1 Å². The molecule has 12 heteroatoms. The smallest absolute Gasteiger partial charge is 0.239 e. The van der Waals surface area contributed by atoms with Crippen LogP contribution in [0, 0.1) is 0 Å². The fraction of sp³-hybridized carbons (Fsp3) is 0.400. The van der Waals surface area contributed by atoms with Crippen molar-refractivity contribution in [3.8, 4) is 0 Å². The molecule has 0 saturated carbocycles. The van der Waals surface area contributed by atoms with Crippen LogP contribution in [-0.2, 0) is 18.9 Å². The molecule has 0 unspecified atom stereocenters. The fourth-order valence-corrected chi connectivity index (χ4v) is 12.0. The summed E-state index contributed by atoms with van der Waals surface area (Å²) in [7, 11) is 0. The number of thioether (sulfide) groups is 2. The summed E-state index contributed by atoms with van der Waals surface area (Å²) in [6.45, 7) is 13.8. The van der Waals surface area contributed by atoms with E-state index in [9.17, 15) is 0 Å². The molecule has 270 valence electrons. The highest BCUT2D eigenvalue weighted by atomic mass is 32.2. The Morgan fingerprint density at radius 2 is 0.846 bits per heavy atom. The van der Waals surface area contributed by atoms with Crippen molar-refractivity contribution < 1.29 is 28.1 Å². The van der Waals surface area contributed by atoms with Crippen LogP contribution in [0.5, 0.6) is 0 Å². The summed E-state index contributed by atoms with van der Waals surface area (Å²) in [6, 6.07) is 18.6. The molecule has 2 aromatic heterocycles. The van der Waals surface area contributed by atoms with Gasteiger partial charge in [-0.2, -0.15) is 0 Å². The van der Waals surface area contributed by atoms with Gasteiger partial charge in [0, 0.05) is 69.0 Å². The van der Waals surface area contributed by atoms with E-state index in [0.717, 1.165) is 105 Å². The molecule has 0 radical (unpaired) electrons. The van der Waals surface area contributed by atoms with Gasteiger partial charge in [0.1, 0.15) is 26.4 Å². The van der Waals surface area contributed by atoms with Gasteiger partial charge in [-0.25, -0.2) is 9.15 Å². The second-order valence-corrected chi connectivity index (χ2v) is 17.5. The Morgan fingerprint density at radius 1 is 0.462 bits per heavy atom. The molecule has 8 heterocycles. The predicted molar refractivity (Wildman–Crippen MR) is 218 cm³/mol. The number of nitrogens with zero attached hydrogens (tertiary/aromatic N) is 4. The minimum atomic E-state index is 0.786. The molecule has 52 heavy (non-hydrogen) atoms. The second kappa shape index (κ2) is 16.2. The number of ether oxygens (including phenoxy) is 4. The molecule has 4 fully saturated rings. The van der Waals surface area contributed by atoms with Crippen LogP contribution < -0.4 is 9.80 Å². The van der Waals surface area contributed by atoms with Crippen LogP contribution in [0.3, 0.4) is 0 Å². The van der Waals surface area contributed by atoms with Crippen LogP contribution in [0.15, 0.2) is 82.6 Å². The minimum absolute atomic E-state index is 0.786. The first-order chi connectivity index (χ1) is 25.8. The van der Waals surface area contributed by atoms with Crippen LogP contribution in [0.1, 0.15) is 20.9 Å². The average Bonchev–Trinajstić information content (AvgIpc) is 4.06. The van der Waals surface area contributed by atoms with Gasteiger partial charge in [0.15, 0.2) is 26.2 Å². The molecule has 4 saturated heterocycles. The van der Waals surface area contributed by atoms with Gasteiger partial charge in [0.25, 0.3) is 0 Å². The molecule has 6 aliphatic rings. The zero-order valence-electron chi connectivity index (χ0n) is 29.3. The Balaban J connectivity index is 1.09. The SMILES string of the molecule is C1=CC(=[N+]2CCOCC2)SC1=C(c1ccc(C(=C2C=CC(=[N+]3CCOCC3)S2)c2ccc(N3CCOCC3)s2)cc1)c1ccc(N2CCOCC2)s1. The van der Waals surface area contributed by atoms with E-state index in [-0.39, 0.29) is 0 Å². The summed E-state index contributed by atoms with van der Waals surface area (Å²) in [5.41, 5.74) is 5.10. The lowest BCUT2D eigenvalue weighted by atomic mass is 9.98. The first-order valence-corrected chi connectivity index (χ1v) is 21.6. The lowest BCUT2D eigenvalue weighted by molar-refractivity contribution is -0.546. The van der Waals surface area contributed by atoms with E-state index < -0.39 is 0 Å². The molecule has 0 bridgehead atoms. The minimum Gasteiger partial charge on any atom is -0.378 e. The summed E-state index contributed by atoms with van der Waals surface area (Å²) in [6.07, 6.45) is 9.24. The van der Waals surface area contributed by atoms with E-state index in [0.29, 0.717) is 0 Å². The fourth-order valence-electron chi connectivity index (χ4n) is 7.28. The number of anilines is 2. The van der Waals surface area contributed by atoms with Crippen LogP contribution in [-0.4, -0.2) is 124 Å². The number of rotatable bonds is 6. The zero-order valence-corrected chi connectivity index (χ0v) is 32.6. The number of morpholine rings is 4. The first kappa shape index (κ1) is 34.8. The molecule has 0 spiro atoms. The van der Waals surface area contributed by atoms with Crippen molar-refractivity contribution in [2.45, 2.75) is 0 Å². The monoisotopic (exact) mass is 772 g/mol. The summed E-state index contributed by atoms with van der Waals surface area (Å²) in [4.78, 5) is 10.1. The van der Waals surface area contributed by atoms with Gasteiger partial charge in [-0.3, -0.25) is 0 Å². The van der Waals surface area contributed by atoms with Crippen molar-refractivity contribution in [3.63, 3.8) is 0 Å². The van der Waals surface area contributed by atoms with Crippen molar-refractivity contribution in [2.24, 2.45) is 0 Å². The third-order valence-corrected chi connectivity index (χ3v) is 14.8. The highest BCUT2D eigenvalue weighted by Gasteiger charge is 2.28. The Morgan fingerprint density at radius 3 is 1.25 bits per heavy atom. The van der Waals surface area contributed by atoms with E-state index in [2.05, 4.69) is 91.8 Å². The summed E-state index contributed by atoms with van der Waals surface area (Å²) in [5, 5.41) is 5.26. The van der Waals surface area contributed by atoms with Crippen molar-refractivity contribution in [1.82, 2.24) is 0 Å². The van der Waals surface area contributed by atoms with Gasteiger partial charge in [-0.05, 0) is 71.1 Å². The highest BCUT2D eigenvalue weighted by Crippen LogP contribution is 2.45. The van der Waals surface area contributed by atoms with Gasteiger partial charge in [-0.15, -0.1) is 22.7 Å². The predicted octanol–water partition coefficient (Wildman–Crippen LogP) is 6.49. The largest absolute Gasteiger partial charge is 0.378 e. The summed E-state index contributed by atoms with van der Waals surface area (Å²) in [5.74, 6) is 0. The quantitative estimate of drug-likeness (QED) is 0.264. The van der Waals surface area contributed by atoms with Crippen LogP contribution in [0.4, 0.5) is 10.0 Å². The summed E-state index contributed by atoms with van der Waals surface area (Å²) >= 11 is 7.58. The average molecular weight is 773 g/mol. The molecule has 0 aliphatic carbocycles. The molecule has 8 nitrogen and oxygen atoms in total. The normalized spacial score (nSPS) is 23.3. The van der Waals surface area contributed by atoms with Gasteiger partial charge in [0.05, 0.1) is 36.4 Å². The van der Waals surface area contributed by atoms with Crippen molar-refractivity contribution in [3.05, 3.63) is 104 Å². The Labute approximate surface area is 322 Å². The number of hydrogen-bond donors (Lipinski definition) is 0. The molecule has 9 rings (SSSR count). The van der Waals surface area contributed by atoms with Crippen molar-refractivity contribution >= 4 is 77.4 Å². The van der Waals surface area contributed by atoms with E-state index in [1.165, 1.54) is 61.9 Å². The molecule has 1 aromatic carbocycles. The molecule has 0 N–H and O–H groups in total. The topological polar surface area (TPSA) is 49.4 Å². The third-order valence-electron chi connectivity index (χ3n) is 10.1. The highest BCUT2D eigenvalue weighted by molar-refractivity contribution is 8.18. The maximum absolute atomic E-state index is 5.66. The van der Waals surface area contributed by atoms with Crippen LogP contribution in [0.2, 0.25) is 0 Å². The van der Waals surface area contributed by atoms with Crippen molar-refractivity contribution in [2.75, 3.05) is 115 Å². The molecule has 3 aromatic rings. The number of thiophene rings is 2. The van der Waals surface area contributed by atoms with Crippen LogP contribution >= 0.6 is 46.2 Å². The lowest BCUT2D eigenvalue weighted by Crippen LogP contribution is -2.35. The van der Waals surface area contributed by atoms with Gasteiger partial charge in [-0.1, -0.05) is 24.3 Å². The Bertz CT molecular complexity index is 1820. The molecule has 0 atom stereocenters. The maximum atomic E-state index is 5.66. The molecular formula is C40H44N4O4S4+2.